The second kappa shape index (κ2) is 6.73. The number of aromatic amines is 1. The zero-order valence-electron chi connectivity index (χ0n) is 10.1. The number of amides is 1. The molecule has 2 aromatic heterocycles. The lowest BCUT2D eigenvalue weighted by Gasteiger charge is -2.01. The van der Waals surface area contributed by atoms with Gasteiger partial charge in [0.25, 0.3) is 5.91 Å². The number of aliphatic hydroxyl groups excluding tert-OH is 1. The van der Waals surface area contributed by atoms with Crippen molar-refractivity contribution in [1.29, 1.82) is 0 Å². The third kappa shape index (κ3) is 3.68. The highest BCUT2D eigenvalue weighted by molar-refractivity contribution is 7.12. The van der Waals surface area contributed by atoms with E-state index >= 15 is 0 Å². The maximum atomic E-state index is 12.0. The van der Waals surface area contributed by atoms with E-state index in [1.54, 1.807) is 18.6 Å². The van der Waals surface area contributed by atoms with Crippen molar-refractivity contribution in [1.82, 2.24) is 15.3 Å². The fourth-order valence-corrected chi connectivity index (χ4v) is 2.20. The number of H-pyrrole nitrogens is 1. The molecule has 0 aromatic carbocycles. The molecule has 0 aliphatic rings. The Morgan fingerprint density at radius 3 is 3.21 bits per heavy atom. The number of aromatic nitrogens is 2. The number of aliphatic hydroxyl groups is 1. The van der Waals surface area contributed by atoms with E-state index in [-0.39, 0.29) is 12.5 Å². The van der Waals surface area contributed by atoms with Crippen LogP contribution in [0.1, 0.15) is 27.3 Å². The van der Waals surface area contributed by atoms with E-state index < -0.39 is 0 Å². The molecular weight excluding hydrogens is 262 g/mol. The van der Waals surface area contributed by atoms with Gasteiger partial charge in [-0.3, -0.25) is 4.79 Å². The Balaban J connectivity index is 1.99. The van der Waals surface area contributed by atoms with E-state index in [1.807, 2.05) is 5.38 Å². The van der Waals surface area contributed by atoms with Gasteiger partial charge in [0.15, 0.2) is 0 Å². The van der Waals surface area contributed by atoms with Gasteiger partial charge in [-0.15, -0.1) is 11.3 Å². The summed E-state index contributed by atoms with van der Waals surface area (Å²) in [5.74, 6) is 5.55. The molecule has 0 aliphatic carbocycles. The van der Waals surface area contributed by atoms with Gasteiger partial charge in [-0.05, 0) is 11.4 Å². The van der Waals surface area contributed by atoms with Crippen LogP contribution in [0.15, 0.2) is 24.0 Å². The zero-order valence-corrected chi connectivity index (χ0v) is 11.0. The van der Waals surface area contributed by atoms with E-state index in [9.17, 15) is 4.79 Å². The molecule has 0 bridgehead atoms. The second-order valence-electron chi connectivity index (χ2n) is 3.70. The number of hydrogen-bond donors (Lipinski definition) is 3. The zero-order chi connectivity index (χ0) is 13.5. The topological polar surface area (TPSA) is 78.0 Å². The maximum Gasteiger partial charge on any atom is 0.262 e. The summed E-state index contributed by atoms with van der Waals surface area (Å²) < 4.78 is 0. The Morgan fingerprint density at radius 1 is 1.58 bits per heavy atom. The minimum Gasteiger partial charge on any atom is -0.395 e. The van der Waals surface area contributed by atoms with Gasteiger partial charge < -0.3 is 15.4 Å². The monoisotopic (exact) mass is 275 g/mol. The molecule has 3 N–H and O–H groups in total. The Morgan fingerprint density at radius 2 is 2.47 bits per heavy atom. The number of thiophene rings is 1. The average molecular weight is 275 g/mol. The van der Waals surface area contributed by atoms with E-state index in [4.69, 9.17) is 5.11 Å². The van der Waals surface area contributed by atoms with Crippen molar-refractivity contribution in [2.24, 2.45) is 0 Å². The first kappa shape index (κ1) is 13.3. The van der Waals surface area contributed by atoms with Crippen molar-refractivity contribution in [3.05, 3.63) is 40.1 Å². The molecule has 98 valence electrons. The second-order valence-corrected chi connectivity index (χ2v) is 4.61. The van der Waals surface area contributed by atoms with Crippen LogP contribution in [0.4, 0.5) is 0 Å². The highest BCUT2D eigenvalue weighted by atomic mass is 32.1. The summed E-state index contributed by atoms with van der Waals surface area (Å²) in [7, 11) is 0. The van der Waals surface area contributed by atoms with Gasteiger partial charge in [0.2, 0.25) is 0 Å². The van der Waals surface area contributed by atoms with Gasteiger partial charge in [0.05, 0.1) is 25.2 Å². The van der Waals surface area contributed by atoms with Crippen molar-refractivity contribution in [2.45, 2.75) is 13.0 Å². The quantitative estimate of drug-likeness (QED) is 0.732. The van der Waals surface area contributed by atoms with Crippen LogP contribution in [0.3, 0.4) is 0 Å². The Hall–Kier alpha value is -2.10. The lowest BCUT2D eigenvalue weighted by Crippen LogP contribution is -2.22. The molecule has 0 aliphatic heterocycles. The Labute approximate surface area is 114 Å². The number of carbonyl (C=O) groups is 1. The largest absolute Gasteiger partial charge is 0.395 e. The van der Waals surface area contributed by atoms with E-state index in [0.29, 0.717) is 23.4 Å². The van der Waals surface area contributed by atoms with Crippen LogP contribution in [-0.4, -0.2) is 27.6 Å². The number of carbonyl (C=O) groups excluding carboxylic acids is 1. The normalized spacial score (nSPS) is 9.74. The SMILES string of the molecule is O=C(NCc1cnc[nH]1)c1sccc1C#CCCO. The molecule has 19 heavy (non-hydrogen) atoms. The smallest absolute Gasteiger partial charge is 0.262 e. The Bertz CT molecular complexity index is 593. The van der Waals surface area contributed by atoms with Crippen molar-refractivity contribution >= 4 is 17.2 Å². The predicted molar refractivity (Wildman–Crippen MR) is 72.7 cm³/mol. The lowest BCUT2D eigenvalue weighted by molar-refractivity contribution is 0.0954. The standard InChI is InChI=1S/C13H13N3O2S/c17-5-2-1-3-10-4-6-19-12(10)13(18)15-8-11-7-14-9-16-11/h4,6-7,9,17H,2,5,8H2,(H,14,16)(H,15,18). The van der Waals surface area contributed by atoms with Crippen LogP contribution in [-0.2, 0) is 6.54 Å². The third-order valence-electron chi connectivity index (χ3n) is 2.33. The first-order valence-electron chi connectivity index (χ1n) is 5.74. The molecule has 0 unspecified atom stereocenters. The number of nitrogens with zero attached hydrogens (tertiary/aromatic N) is 1. The van der Waals surface area contributed by atoms with E-state index in [1.165, 1.54) is 11.3 Å². The van der Waals surface area contributed by atoms with E-state index in [0.717, 1.165) is 5.69 Å². The summed E-state index contributed by atoms with van der Waals surface area (Å²) in [5.41, 5.74) is 1.54. The van der Waals surface area contributed by atoms with Gasteiger partial charge in [-0.2, -0.15) is 0 Å². The van der Waals surface area contributed by atoms with Gasteiger partial charge in [-0.1, -0.05) is 11.8 Å². The van der Waals surface area contributed by atoms with Crippen molar-refractivity contribution < 1.29 is 9.90 Å². The van der Waals surface area contributed by atoms with Crippen molar-refractivity contribution in [2.75, 3.05) is 6.61 Å². The summed E-state index contributed by atoms with van der Waals surface area (Å²) >= 11 is 1.35. The summed E-state index contributed by atoms with van der Waals surface area (Å²) in [6.07, 6.45) is 3.64. The fraction of sp³-hybridized carbons (Fsp3) is 0.231. The molecular formula is C13H13N3O2S. The molecule has 0 atom stereocenters. The van der Waals surface area contributed by atoms with Gasteiger partial charge in [0.1, 0.15) is 4.88 Å². The molecule has 0 saturated carbocycles. The number of rotatable bonds is 4. The molecule has 2 aromatic rings. The average Bonchev–Trinajstić information content (AvgIpc) is 3.07. The summed E-state index contributed by atoms with van der Waals surface area (Å²) in [5, 5.41) is 13.3. The molecule has 2 heterocycles. The maximum absolute atomic E-state index is 12.0. The molecule has 1 amide bonds. The molecule has 0 fully saturated rings. The summed E-state index contributed by atoms with van der Waals surface area (Å²) in [6, 6.07) is 1.81. The lowest BCUT2D eigenvalue weighted by atomic mass is 10.2. The number of hydrogen-bond acceptors (Lipinski definition) is 4. The van der Waals surface area contributed by atoms with Crippen LogP contribution >= 0.6 is 11.3 Å². The minimum absolute atomic E-state index is 0.0263. The minimum atomic E-state index is -0.155. The molecule has 0 spiro atoms. The summed E-state index contributed by atoms with van der Waals surface area (Å²) in [4.78, 5) is 19.4. The van der Waals surface area contributed by atoms with Crippen molar-refractivity contribution in [3.63, 3.8) is 0 Å². The molecule has 5 nitrogen and oxygen atoms in total. The van der Waals surface area contributed by atoms with Crippen LogP contribution in [0.25, 0.3) is 0 Å². The molecule has 2 rings (SSSR count). The molecule has 6 heteroatoms. The van der Waals surface area contributed by atoms with Crippen LogP contribution in [0.2, 0.25) is 0 Å². The molecule has 0 saturated heterocycles. The Kier molecular flexibility index (Phi) is 4.72. The number of nitrogens with one attached hydrogen (secondary N) is 2. The molecule has 0 radical (unpaired) electrons. The van der Waals surface area contributed by atoms with Crippen LogP contribution in [0, 0.1) is 11.8 Å². The summed E-state index contributed by atoms with van der Waals surface area (Å²) in [6.45, 7) is 0.429. The predicted octanol–water partition coefficient (Wildman–Crippen LogP) is 1.14. The van der Waals surface area contributed by atoms with Gasteiger partial charge >= 0.3 is 0 Å². The third-order valence-corrected chi connectivity index (χ3v) is 3.24. The highest BCUT2D eigenvalue weighted by Crippen LogP contribution is 2.15. The highest BCUT2D eigenvalue weighted by Gasteiger charge is 2.11. The van der Waals surface area contributed by atoms with Crippen LogP contribution < -0.4 is 5.32 Å². The first-order chi connectivity index (χ1) is 9.31. The van der Waals surface area contributed by atoms with E-state index in [2.05, 4.69) is 27.1 Å². The number of imidazole rings is 1. The fourth-order valence-electron chi connectivity index (χ4n) is 1.43. The van der Waals surface area contributed by atoms with Gasteiger partial charge in [0, 0.05) is 18.2 Å². The first-order valence-corrected chi connectivity index (χ1v) is 6.62. The van der Waals surface area contributed by atoms with Gasteiger partial charge in [-0.25, -0.2) is 4.98 Å². The van der Waals surface area contributed by atoms with Crippen molar-refractivity contribution in [3.8, 4) is 11.8 Å². The van der Waals surface area contributed by atoms with Crippen LogP contribution in [0.5, 0.6) is 0 Å².